The van der Waals surface area contributed by atoms with E-state index in [4.69, 9.17) is 5.26 Å². The highest BCUT2D eigenvalue weighted by molar-refractivity contribution is 6.04. The number of para-hydroxylation sites is 1. The van der Waals surface area contributed by atoms with E-state index in [1.54, 1.807) is 48.5 Å². The molecule has 0 saturated carbocycles. The van der Waals surface area contributed by atoms with Gasteiger partial charge in [0.05, 0.1) is 11.3 Å². The van der Waals surface area contributed by atoms with E-state index < -0.39 is 0 Å². The van der Waals surface area contributed by atoms with Gasteiger partial charge < -0.3 is 5.32 Å². The molecule has 1 amide bonds. The van der Waals surface area contributed by atoms with E-state index in [0.717, 1.165) is 5.56 Å². The third-order valence-corrected chi connectivity index (χ3v) is 2.51. The molecule has 0 heterocycles. The molecule has 0 aliphatic rings. The summed E-state index contributed by atoms with van der Waals surface area (Å²) in [5.41, 5.74) is 2.35. The Kier molecular flexibility index (Phi) is 3.40. The monoisotopic (exact) mass is 235 g/mol. The standard InChI is InChI=1S/C15H11N2O/c1-11-6-8-12(9-7-11)15(18)17-14-5-3-2-4-13(14)10-16/h2-9H,1H2,(H,17,18). The topological polar surface area (TPSA) is 52.9 Å². The molecule has 2 aromatic carbocycles. The van der Waals surface area contributed by atoms with Gasteiger partial charge in [0.1, 0.15) is 6.07 Å². The summed E-state index contributed by atoms with van der Waals surface area (Å²) < 4.78 is 0. The molecule has 1 radical (unpaired) electrons. The van der Waals surface area contributed by atoms with Crippen LogP contribution in [-0.4, -0.2) is 5.91 Å². The first-order valence-electron chi connectivity index (χ1n) is 5.43. The molecular weight excluding hydrogens is 224 g/mol. The molecular formula is C15H11N2O. The van der Waals surface area contributed by atoms with Gasteiger partial charge in [0, 0.05) is 5.56 Å². The van der Waals surface area contributed by atoms with Gasteiger partial charge >= 0.3 is 0 Å². The van der Waals surface area contributed by atoms with E-state index in [1.807, 2.05) is 6.07 Å². The molecule has 0 aromatic heterocycles. The fourth-order valence-electron chi connectivity index (χ4n) is 1.54. The molecule has 0 aliphatic carbocycles. The second kappa shape index (κ2) is 5.15. The van der Waals surface area contributed by atoms with E-state index in [0.29, 0.717) is 16.8 Å². The summed E-state index contributed by atoms with van der Waals surface area (Å²) in [6, 6.07) is 15.9. The van der Waals surface area contributed by atoms with Crippen molar-refractivity contribution in [2.45, 2.75) is 0 Å². The van der Waals surface area contributed by atoms with Crippen LogP contribution in [0.25, 0.3) is 0 Å². The number of hydrogen-bond acceptors (Lipinski definition) is 2. The second-order valence-corrected chi connectivity index (χ2v) is 3.81. The highest BCUT2D eigenvalue weighted by Crippen LogP contribution is 2.15. The van der Waals surface area contributed by atoms with Crippen LogP contribution in [0.5, 0.6) is 0 Å². The lowest BCUT2D eigenvalue weighted by molar-refractivity contribution is 0.102. The predicted octanol–water partition coefficient (Wildman–Crippen LogP) is 2.99. The highest BCUT2D eigenvalue weighted by Gasteiger charge is 2.08. The Bertz CT molecular complexity index is 609. The molecule has 1 N–H and O–H groups in total. The first-order valence-corrected chi connectivity index (χ1v) is 5.43. The van der Waals surface area contributed by atoms with E-state index in [9.17, 15) is 4.79 Å². The molecule has 0 spiro atoms. The molecule has 0 saturated heterocycles. The number of anilines is 1. The zero-order chi connectivity index (χ0) is 13.0. The molecule has 18 heavy (non-hydrogen) atoms. The van der Waals surface area contributed by atoms with Gasteiger partial charge in [-0.05, 0) is 36.8 Å². The summed E-state index contributed by atoms with van der Waals surface area (Å²) in [6.07, 6.45) is 0. The Morgan fingerprint density at radius 2 is 1.78 bits per heavy atom. The van der Waals surface area contributed by atoms with E-state index in [2.05, 4.69) is 12.2 Å². The van der Waals surface area contributed by atoms with Crippen molar-refractivity contribution in [3.8, 4) is 6.07 Å². The number of carbonyl (C=O) groups is 1. The molecule has 2 aromatic rings. The fraction of sp³-hybridized carbons (Fsp3) is 0. The van der Waals surface area contributed by atoms with Gasteiger partial charge in [-0.3, -0.25) is 4.79 Å². The van der Waals surface area contributed by atoms with Crippen molar-refractivity contribution in [2.75, 3.05) is 5.32 Å². The Hall–Kier alpha value is -2.60. The van der Waals surface area contributed by atoms with Crippen molar-refractivity contribution < 1.29 is 4.79 Å². The Morgan fingerprint density at radius 1 is 1.11 bits per heavy atom. The van der Waals surface area contributed by atoms with Crippen molar-refractivity contribution in [1.82, 2.24) is 0 Å². The number of nitriles is 1. The zero-order valence-corrected chi connectivity index (χ0v) is 9.68. The molecule has 0 unspecified atom stereocenters. The average molecular weight is 235 g/mol. The van der Waals surface area contributed by atoms with E-state index in [1.165, 1.54) is 0 Å². The Morgan fingerprint density at radius 3 is 2.44 bits per heavy atom. The van der Waals surface area contributed by atoms with Gasteiger partial charge in [-0.1, -0.05) is 24.3 Å². The van der Waals surface area contributed by atoms with Crippen molar-refractivity contribution in [2.24, 2.45) is 0 Å². The van der Waals surface area contributed by atoms with Gasteiger partial charge in [0.25, 0.3) is 5.91 Å². The average Bonchev–Trinajstić information content (AvgIpc) is 2.40. The fourth-order valence-corrected chi connectivity index (χ4v) is 1.54. The van der Waals surface area contributed by atoms with E-state index >= 15 is 0 Å². The minimum Gasteiger partial charge on any atom is -0.321 e. The van der Waals surface area contributed by atoms with Gasteiger partial charge in [-0.25, -0.2) is 0 Å². The molecule has 2 rings (SSSR count). The largest absolute Gasteiger partial charge is 0.321 e. The number of carbonyl (C=O) groups excluding carboxylic acids is 1. The summed E-state index contributed by atoms with van der Waals surface area (Å²) in [6.45, 7) is 3.76. The summed E-state index contributed by atoms with van der Waals surface area (Å²) >= 11 is 0. The van der Waals surface area contributed by atoms with Crippen LogP contribution < -0.4 is 5.32 Å². The lowest BCUT2D eigenvalue weighted by atomic mass is 10.1. The van der Waals surface area contributed by atoms with Crippen LogP contribution in [0.2, 0.25) is 0 Å². The van der Waals surface area contributed by atoms with Crippen molar-refractivity contribution in [3.05, 3.63) is 72.1 Å². The number of amides is 1. The van der Waals surface area contributed by atoms with Crippen LogP contribution in [0.3, 0.4) is 0 Å². The first-order chi connectivity index (χ1) is 8.70. The maximum Gasteiger partial charge on any atom is 0.255 e. The minimum absolute atomic E-state index is 0.238. The van der Waals surface area contributed by atoms with Gasteiger partial charge in [0.15, 0.2) is 0 Å². The van der Waals surface area contributed by atoms with Gasteiger partial charge in [0.2, 0.25) is 0 Å². The summed E-state index contributed by atoms with van der Waals surface area (Å²) in [4.78, 5) is 12.0. The number of nitrogens with zero attached hydrogens (tertiary/aromatic N) is 1. The van der Waals surface area contributed by atoms with Crippen LogP contribution in [0.4, 0.5) is 5.69 Å². The Labute approximate surface area is 106 Å². The van der Waals surface area contributed by atoms with Crippen molar-refractivity contribution >= 4 is 11.6 Å². The summed E-state index contributed by atoms with van der Waals surface area (Å²) in [5.74, 6) is -0.238. The SMILES string of the molecule is [CH2]c1ccc(C(=O)Nc2ccccc2C#N)cc1. The Balaban J connectivity index is 2.22. The molecule has 0 fully saturated rings. The van der Waals surface area contributed by atoms with Gasteiger partial charge in [-0.2, -0.15) is 5.26 Å². The first kappa shape index (κ1) is 11.9. The number of benzene rings is 2. The summed E-state index contributed by atoms with van der Waals surface area (Å²) in [5, 5.41) is 11.6. The number of hydrogen-bond donors (Lipinski definition) is 1. The third kappa shape index (κ3) is 2.55. The minimum atomic E-state index is -0.238. The number of nitrogens with one attached hydrogen (secondary N) is 1. The normalized spacial score (nSPS) is 9.56. The molecule has 0 atom stereocenters. The smallest absolute Gasteiger partial charge is 0.255 e. The summed E-state index contributed by atoms with van der Waals surface area (Å²) in [7, 11) is 0. The number of rotatable bonds is 2. The zero-order valence-electron chi connectivity index (χ0n) is 9.68. The van der Waals surface area contributed by atoms with Crippen LogP contribution in [0.1, 0.15) is 21.5 Å². The lowest BCUT2D eigenvalue weighted by Gasteiger charge is -2.06. The molecule has 87 valence electrons. The molecule has 3 heteroatoms. The van der Waals surface area contributed by atoms with Crippen LogP contribution in [0, 0.1) is 18.3 Å². The molecule has 0 aliphatic heterocycles. The molecule has 3 nitrogen and oxygen atoms in total. The van der Waals surface area contributed by atoms with Crippen molar-refractivity contribution in [3.63, 3.8) is 0 Å². The van der Waals surface area contributed by atoms with Crippen LogP contribution in [0.15, 0.2) is 48.5 Å². The highest BCUT2D eigenvalue weighted by atomic mass is 16.1. The van der Waals surface area contributed by atoms with Crippen LogP contribution in [-0.2, 0) is 0 Å². The molecule has 0 bridgehead atoms. The van der Waals surface area contributed by atoms with E-state index in [-0.39, 0.29) is 5.91 Å². The quantitative estimate of drug-likeness (QED) is 0.869. The lowest BCUT2D eigenvalue weighted by Crippen LogP contribution is -2.12. The predicted molar refractivity (Wildman–Crippen MR) is 70.0 cm³/mol. The van der Waals surface area contributed by atoms with Gasteiger partial charge in [-0.15, -0.1) is 0 Å². The van der Waals surface area contributed by atoms with Crippen molar-refractivity contribution in [1.29, 1.82) is 5.26 Å². The third-order valence-electron chi connectivity index (χ3n) is 2.51. The maximum atomic E-state index is 12.0. The maximum absolute atomic E-state index is 12.0. The second-order valence-electron chi connectivity index (χ2n) is 3.81. The van der Waals surface area contributed by atoms with Crippen LogP contribution >= 0.6 is 0 Å².